The molecule has 23 heavy (non-hydrogen) atoms. The van der Waals surface area contributed by atoms with Crippen molar-refractivity contribution in [3.05, 3.63) is 33.0 Å². The fourth-order valence-corrected chi connectivity index (χ4v) is 3.36. The van der Waals surface area contributed by atoms with Crippen LogP contribution in [0.5, 0.6) is 0 Å². The molecule has 0 bridgehead atoms. The Morgan fingerprint density at radius 3 is 2.57 bits per heavy atom. The Kier molecular flexibility index (Phi) is 6.15. The number of nitrogens with zero attached hydrogens (tertiary/aromatic N) is 4. The summed E-state index contributed by atoms with van der Waals surface area (Å²) in [5.74, 6) is 0.783. The summed E-state index contributed by atoms with van der Waals surface area (Å²) in [6, 6.07) is 0. The second kappa shape index (κ2) is 8.10. The number of aliphatic imine (C=N–C) groups is 1. The van der Waals surface area contributed by atoms with Crippen LogP contribution in [0.1, 0.15) is 40.7 Å². The fraction of sp³-hybridized carbons (Fsp3) is 0.562. The zero-order chi connectivity index (χ0) is 16.8. The smallest absolute Gasteiger partial charge is 0.191 e. The third-order valence-electron chi connectivity index (χ3n) is 3.76. The van der Waals surface area contributed by atoms with Crippen molar-refractivity contribution in [3.8, 4) is 0 Å². The summed E-state index contributed by atoms with van der Waals surface area (Å²) in [6.45, 7) is 7.79. The molecule has 0 saturated heterocycles. The summed E-state index contributed by atoms with van der Waals surface area (Å²) < 4.78 is 1.99. The van der Waals surface area contributed by atoms with Gasteiger partial charge in [0.2, 0.25) is 0 Å². The predicted molar refractivity (Wildman–Crippen MR) is 95.9 cm³/mol. The molecule has 0 aliphatic carbocycles. The van der Waals surface area contributed by atoms with E-state index in [1.807, 2.05) is 17.9 Å². The van der Waals surface area contributed by atoms with E-state index in [1.54, 1.807) is 18.4 Å². The van der Waals surface area contributed by atoms with Gasteiger partial charge >= 0.3 is 0 Å². The standard InChI is InChI=1S/C16H26N6S/c1-6-13-12(14(7-2)22(5)21-13)9-19-16(17-4)20-10-15-18-8-11(3)23-15/h8H,6-7,9-10H2,1-5H3,(H2,17,19,20). The van der Waals surface area contributed by atoms with Crippen molar-refractivity contribution in [3.63, 3.8) is 0 Å². The zero-order valence-electron chi connectivity index (χ0n) is 14.6. The molecule has 0 aromatic carbocycles. The van der Waals surface area contributed by atoms with E-state index in [0.29, 0.717) is 6.54 Å². The Hall–Kier alpha value is -1.89. The lowest BCUT2D eigenvalue weighted by atomic mass is 10.1. The van der Waals surface area contributed by atoms with Crippen molar-refractivity contribution in [2.75, 3.05) is 7.05 Å². The first-order valence-electron chi connectivity index (χ1n) is 7.98. The highest BCUT2D eigenvalue weighted by Crippen LogP contribution is 2.15. The highest BCUT2D eigenvalue weighted by molar-refractivity contribution is 7.11. The van der Waals surface area contributed by atoms with Crippen LogP contribution in [0.2, 0.25) is 0 Å². The Bertz CT molecular complexity index is 670. The monoisotopic (exact) mass is 334 g/mol. The van der Waals surface area contributed by atoms with Gasteiger partial charge in [0.05, 0.1) is 12.2 Å². The van der Waals surface area contributed by atoms with Crippen LogP contribution in [-0.4, -0.2) is 27.8 Å². The topological polar surface area (TPSA) is 67.1 Å². The molecule has 0 fully saturated rings. The lowest BCUT2D eigenvalue weighted by Crippen LogP contribution is -2.36. The Morgan fingerprint density at radius 1 is 1.26 bits per heavy atom. The molecule has 126 valence electrons. The molecular formula is C16H26N6S. The van der Waals surface area contributed by atoms with Crippen LogP contribution in [0.25, 0.3) is 0 Å². The lowest BCUT2D eigenvalue weighted by molar-refractivity contribution is 0.702. The molecule has 2 rings (SSSR count). The molecule has 0 saturated carbocycles. The van der Waals surface area contributed by atoms with Gasteiger partial charge in [-0.15, -0.1) is 11.3 Å². The van der Waals surface area contributed by atoms with Crippen molar-refractivity contribution in [2.45, 2.75) is 46.7 Å². The molecule has 2 N–H and O–H groups in total. The van der Waals surface area contributed by atoms with E-state index in [1.165, 1.54) is 16.1 Å². The normalized spacial score (nSPS) is 11.8. The first-order valence-corrected chi connectivity index (χ1v) is 8.80. The van der Waals surface area contributed by atoms with Crippen LogP contribution in [0.15, 0.2) is 11.2 Å². The van der Waals surface area contributed by atoms with Gasteiger partial charge < -0.3 is 10.6 Å². The lowest BCUT2D eigenvalue weighted by Gasteiger charge is -2.12. The van der Waals surface area contributed by atoms with Gasteiger partial charge in [-0.1, -0.05) is 13.8 Å². The molecule has 6 nitrogen and oxygen atoms in total. The van der Waals surface area contributed by atoms with Crippen LogP contribution in [0.4, 0.5) is 0 Å². The van der Waals surface area contributed by atoms with Gasteiger partial charge in [0.1, 0.15) is 5.01 Å². The molecule has 7 heteroatoms. The van der Waals surface area contributed by atoms with E-state index in [9.17, 15) is 0 Å². The maximum atomic E-state index is 4.61. The first-order chi connectivity index (χ1) is 11.1. The van der Waals surface area contributed by atoms with Crippen molar-refractivity contribution >= 4 is 17.3 Å². The average molecular weight is 334 g/mol. The molecule has 2 aromatic heterocycles. The number of aryl methyl sites for hydroxylation is 3. The molecule has 0 aliphatic rings. The highest BCUT2D eigenvalue weighted by Gasteiger charge is 2.13. The maximum absolute atomic E-state index is 4.61. The van der Waals surface area contributed by atoms with Gasteiger partial charge in [-0.3, -0.25) is 9.67 Å². The molecule has 0 atom stereocenters. The number of aromatic nitrogens is 3. The quantitative estimate of drug-likeness (QED) is 0.628. The molecule has 0 spiro atoms. The van der Waals surface area contributed by atoms with Crippen molar-refractivity contribution in [1.29, 1.82) is 0 Å². The van der Waals surface area contributed by atoms with Crippen LogP contribution in [0.3, 0.4) is 0 Å². The molecule has 0 unspecified atom stereocenters. The van der Waals surface area contributed by atoms with Gasteiger partial charge in [-0.2, -0.15) is 5.10 Å². The Morgan fingerprint density at radius 2 is 2.00 bits per heavy atom. The number of thiazole rings is 1. The summed E-state index contributed by atoms with van der Waals surface area (Å²) in [5, 5.41) is 12.4. The van der Waals surface area contributed by atoms with E-state index in [0.717, 1.165) is 36.0 Å². The summed E-state index contributed by atoms with van der Waals surface area (Å²) in [4.78, 5) is 9.87. The minimum absolute atomic E-state index is 0.687. The number of nitrogens with one attached hydrogen (secondary N) is 2. The van der Waals surface area contributed by atoms with Crippen molar-refractivity contribution in [1.82, 2.24) is 25.4 Å². The van der Waals surface area contributed by atoms with E-state index >= 15 is 0 Å². The zero-order valence-corrected chi connectivity index (χ0v) is 15.4. The number of guanidine groups is 1. The molecule has 0 aliphatic heterocycles. The SMILES string of the molecule is CCc1nn(C)c(CC)c1CNC(=NC)NCc1ncc(C)s1. The first kappa shape index (κ1) is 17.5. The third kappa shape index (κ3) is 4.31. The fourth-order valence-electron chi connectivity index (χ4n) is 2.63. The minimum atomic E-state index is 0.687. The van der Waals surface area contributed by atoms with Crippen LogP contribution in [0, 0.1) is 6.92 Å². The van der Waals surface area contributed by atoms with Gasteiger partial charge in [-0.25, -0.2) is 4.98 Å². The molecule has 0 radical (unpaired) electrons. The van der Waals surface area contributed by atoms with Gasteiger partial charge in [0.25, 0.3) is 0 Å². The second-order valence-electron chi connectivity index (χ2n) is 5.35. The van der Waals surface area contributed by atoms with E-state index in [2.05, 4.69) is 46.5 Å². The van der Waals surface area contributed by atoms with E-state index in [4.69, 9.17) is 0 Å². The van der Waals surface area contributed by atoms with Gasteiger partial charge in [0, 0.05) is 43.0 Å². The van der Waals surface area contributed by atoms with Crippen LogP contribution in [-0.2, 0) is 33.0 Å². The summed E-state index contributed by atoms with van der Waals surface area (Å²) in [5.41, 5.74) is 3.72. The molecule has 2 heterocycles. The molecule has 0 amide bonds. The van der Waals surface area contributed by atoms with Gasteiger partial charge in [-0.05, 0) is 19.8 Å². The molecule has 2 aromatic rings. The largest absolute Gasteiger partial charge is 0.352 e. The summed E-state index contributed by atoms with van der Waals surface area (Å²) >= 11 is 1.70. The summed E-state index contributed by atoms with van der Waals surface area (Å²) in [6.07, 6.45) is 3.81. The number of hydrogen-bond donors (Lipinski definition) is 2. The minimum Gasteiger partial charge on any atom is -0.352 e. The summed E-state index contributed by atoms with van der Waals surface area (Å²) in [7, 11) is 3.80. The highest BCUT2D eigenvalue weighted by atomic mass is 32.1. The van der Waals surface area contributed by atoms with Crippen LogP contribution < -0.4 is 10.6 Å². The van der Waals surface area contributed by atoms with E-state index < -0.39 is 0 Å². The third-order valence-corrected chi connectivity index (χ3v) is 4.67. The van der Waals surface area contributed by atoms with Crippen molar-refractivity contribution in [2.24, 2.45) is 12.0 Å². The Balaban J connectivity index is 1.98. The number of rotatable bonds is 6. The second-order valence-corrected chi connectivity index (χ2v) is 6.67. The average Bonchev–Trinajstić information content (AvgIpc) is 3.10. The van der Waals surface area contributed by atoms with Crippen molar-refractivity contribution < 1.29 is 0 Å². The Labute approximate surface area is 142 Å². The van der Waals surface area contributed by atoms with E-state index in [-0.39, 0.29) is 0 Å². The maximum Gasteiger partial charge on any atom is 0.191 e. The molecular weight excluding hydrogens is 308 g/mol. The predicted octanol–water partition coefficient (Wildman–Crippen LogP) is 2.18. The number of hydrogen-bond acceptors (Lipinski definition) is 4. The van der Waals surface area contributed by atoms with Crippen LogP contribution >= 0.6 is 11.3 Å². The van der Waals surface area contributed by atoms with Gasteiger partial charge in [0.15, 0.2) is 5.96 Å².